The Morgan fingerprint density at radius 3 is 1.65 bits per heavy atom. The fourth-order valence-corrected chi connectivity index (χ4v) is 5.10. The molecule has 0 unspecified atom stereocenters. The van der Waals surface area contributed by atoms with Crippen LogP contribution < -0.4 is 11.5 Å². The van der Waals surface area contributed by atoms with Gasteiger partial charge in [-0.15, -0.1) is 0 Å². The minimum Gasteiger partial charge on any atom is -0.330 e. The summed E-state index contributed by atoms with van der Waals surface area (Å²) in [6.07, 6.45) is 16.6. The van der Waals surface area contributed by atoms with Crippen LogP contribution in [0.25, 0.3) is 0 Å². The standard InChI is InChI=1S/C10H17N.C8H19N/c11-10-4-7-1-8(5-10)3-9(2-7)6-10;1-2-3-4-5-6-7-8-9/h7-9H,1-6,11H2;2-9H2,1H3. The lowest BCUT2D eigenvalue weighted by Crippen LogP contribution is -2.55. The maximum Gasteiger partial charge on any atom is 0.0162 e. The first-order valence-corrected chi connectivity index (χ1v) is 9.14. The van der Waals surface area contributed by atoms with E-state index in [0.717, 1.165) is 24.3 Å². The second-order valence-electron chi connectivity index (χ2n) is 7.84. The van der Waals surface area contributed by atoms with Gasteiger partial charge in [0.05, 0.1) is 0 Å². The lowest BCUT2D eigenvalue weighted by molar-refractivity contribution is 0.000365. The third-order valence-electron chi connectivity index (χ3n) is 5.64. The van der Waals surface area contributed by atoms with Crippen LogP contribution >= 0.6 is 0 Å². The van der Waals surface area contributed by atoms with E-state index in [4.69, 9.17) is 11.5 Å². The van der Waals surface area contributed by atoms with Gasteiger partial charge < -0.3 is 11.5 Å². The minimum absolute atomic E-state index is 0.300. The van der Waals surface area contributed by atoms with Gasteiger partial charge >= 0.3 is 0 Å². The minimum atomic E-state index is 0.300. The van der Waals surface area contributed by atoms with Crippen molar-refractivity contribution in [3.05, 3.63) is 0 Å². The topological polar surface area (TPSA) is 52.0 Å². The van der Waals surface area contributed by atoms with Gasteiger partial charge in [-0.3, -0.25) is 0 Å². The Morgan fingerprint density at radius 1 is 0.800 bits per heavy atom. The highest BCUT2D eigenvalue weighted by Crippen LogP contribution is 2.54. The van der Waals surface area contributed by atoms with Crippen LogP contribution in [0.15, 0.2) is 0 Å². The average Bonchev–Trinajstić information content (AvgIpc) is 2.36. The van der Waals surface area contributed by atoms with Gasteiger partial charge in [-0.05, 0) is 69.2 Å². The first-order chi connectivity index (χ1) is 9.65. The van der Waals surface area contributed by atoms with Crippen molar-refractivity contribution in [3.63, 3.8) is 0 Å². The first-order valence-electron chi connectivity index (χ1n) is 9.14. The molecule has 0 amide bonds. The van der Waals surface area contributed by atoms with Gasteiger partial charge in [0, 0.05) is 5.54 Å². The predicted octanol–water partition coefficient (Wildman–Crippen LogP) is 4.22. The molecule has 4 bridgehead atoms. The van der Waals surface area contributed by atoms with E-state index in [1.807, 2.05) is 0 Å². The molecule has 20 heavy (non-hydrogen) atoms. The van der Waals surface area contributed by atoms with Gasteiger partial charge in [0.1, 0.15) is 0 Å². The van der Waals surface area contributed by atoms with E-state index in [2.05, 4.69) is 6.92 Å². The zero-order valence-electron chi connectivity index (χ0n) is 13.6. The zero-order valence-corrected chi connectivity index (χ0v) is 13.6. The molecule has 4 fully saturated rings. The summed E-state index contributed by atoms with van der Waals surface area (Å²) in [5.74, 6) is 3.06. The number of hydrogen-bond acceptors (Lipinski definition) is 2. The summed E-state index contributed by atoms with van der Waals surface area (Å²) < 4.78 is 0. The Morgan fingerprint density at radius 2 is 1.25 bits per heavy atom. The van der Waals surface area contributed by atoms with Crippen LogP contribution in [0.4, 0.5) is 0 Å². The molecular weight excluding hydrogens is 244 g/mol. The van der Waals surface area contributed by atoms with Crippen LogP contribution in [0.2, 0.25) is 0 Å². The highest BCUT2D eigenvalue weighted by Gasteiger charge is 2.48. The molecule has 118 valence electrons. The molecule has 4 N–H and O–H groups in total. The van der Waals surface area contributed by atoms with Gasteiger partial charge in [0.2, 0.25) is 0 Å². The molecule has 4 aliphatic carbocycles. The van der Waals surface area contributed by atoms with E-state index in [1.54, 1.807) is 0 Å². The van der Waals surface area contributed by atoms with Crippen LogP contribution in [0.3, 0.4) is 0 Å². The smallest absolute Gasteiger partial charge is 0.0162 e. The second kappa shape index (κ2) is 7.79. The van der Waals surface area contributed by atoms with Crippen LogP contribution in [0.5, 0.6) is 0 Å². The molecular formula is C18H36N2. The monoisotopic (exact) mass is 280 g/mol. The maximum absolute atomic E-state index is 6.32. The molecule has 0 radical (unpaired) electrons. The van der Waals surface area contributed by atoms with E-state index in [1.165, 1.54) is 77.0 Å². The molecule has 0 aromatic rings. The molecule has 0 aliphatic heterocycles. The Labute approximate surface area is 126 Å². The van der Waals surface area contributed by atoms with Crippen LogP contribution in [0, 0.1) is 17.8 Å². The summed E-state index contributed by atoms with van der Waals surface area (Å²) in [7, 11) is 0. The summed E-state index contributed by atoms with van der Waals surface area (Å²) in [5, 5.41) is 0. The van der Waals surface area contributed by atoms with E-state index in [-0.39, 0.29) is 0 Å². The van der Waals surface area contributed by atoms with Gasteiger partial charge in [0.25, 0.3) is 0 Å². The van der Waals surface area contributed by atoms with Crippen molar-refractivity contribution in [1.82, 2.24) is 0 Å². The number of hydrogen-bond donors (Lipinski definition) is 2. The molecule has 2 heteroatoms. The van der Waals surface area contributed by atoms with Crippen molar-refractivity contribution in [2.75, 3.05) is 6.54 Å². The van der Waals surface area contributed by atoms with Gasteiger partial charge in [-0.1, -0.05) is 39.0 Å². The van der Waals surface area contributed by atoms with Crippen molar-refractivity contribution in [2.45, 2.75) is 89.5 Å². The second-order valence-corrected chi connectivity index (χ2v) is 7.84. The number of rotatable bonds is 6. The van der Waals surface area contributed by atoms with E-state index >= 15 is 0 Å². The number of unbranched alkanes of at least 4 members (excludes halogenated alkanes) is 5. The molecule has 2 nitrogen and oxygen atoms in total. The van der Waals surface area contributed by atoms with Crippen molar-refractivity contribution in [2.24, 2.45) is 29.2 Å². The highest BCUT2D eigenvalue weighted by atomic mass is 14.8. The molecule has 0 atom stereocenters. The third-order valence-corrected chi connectivity index (χ3v) is 5.64. The molecule has 4 rings (SSSR count). The Hall–Kier alpha value is -0.0800. The van der Waals surface area contributed by atoms with Crippen molar-refractivity contribution >= 4 is 0 Å². The van der Waals surface area contributed by atoms with Crippen LogP contribution in [-0.4, -0.2) is 12.1 Å². The summed E-state index contributed by atoms with van der Waals surface area (Å²) in [5.41, 5.74) is 12.0. The summed E-state index contributed by atoms with van der Waals surface area (Å²) in [6.45, 7) is 3.11. The van der Waals surface area contributed by atoms with Crippen molar-refractivity contribution in [1.29, 1.82) is 0 Å². The fourth-order valence-electron chi connectivity index (χ4n) is 5.10. The lowest BCUT2D eigenvalue weighted by atomic mass is 9.53. The van der Waals surface area contributed by atoms with Gasteiger partial charge in [-0.2, -0.15) is 0 Å². The lowest BCUT2D eigenvalue weighted by Gasteiger charge is -2.55. The largest absolute Gasteiger partial charge is 0.330 e. The molecule has 0 saturated heterocycles. The van der Waals surface area contributed by atoms with Gasteiger partial charge in [0.15, 0.2) is 0 Å². The van der Waals surface area contributed by atoms with Crippen LogP contribution in [0.1, 0.15) is 84.0 Å². The third kappa shape index (κ3) is 4.73. The summed E-state index contributed by atoms with van der Waals surface area (Å²) in [4.78, 5) is 0. The molecule has 0 aromatic heterocycles. The molecule has 4 aliphatic rings. The molecule has 4 saturated carbocycles. The Bertz CT molecular complexity index is 233. The Balaban J connectivity index is 0.000000152. The highest BCUT2D eigenvalue weighted by molar-refractivity contribution is 5.04. The van der Waals surface area contributed by atoms with Gasteiger partial charge in [-0.25, -0.2) is 0 Å². The molecule has 0 spiro atoms. The van der Waals surface area contributed by atoms with E-state index < -0.39 is 0 Å². The van der Waals surface area contributed by atoms with E-state index in [0.29, 0.717) is 5.54 Å². The molecule has 0 aromatic carbocycles. The summed E-state index contributed by atoms with van der Waals surface area (Å²) >= 11 is 0. The van der Waals surface area contributed by atoms with E-state index in [9.17, 15) is 0 Å². The summed E-state index contributed by atoms with van der Waals surface area (Å²) in [6, 6.07) is 0. The fraction of sp³-hybridized carbons (Fsp3) is 1.00. The SMILES string of the molecule is CCCCCCCCN.NC12CC3CC(CC(C3)C1)C2. The zero-order chi connectivity index (χ0) is 14.4. The number of nitrogens with two attached hydrogens (primary N) is 2. The first kappa shape index (κ1) is 16.3. The maximum atomic E-state index is 6.32. The quantitative estimate of drug-likeness (QED) is 0.716. The van der Waals surface area contributed by atoms with Crippen molar-refractivity contribution < 1.29 is 0 Å². The predicted molar refractivity (Wildman–Crippen MR) is 87.5 cm³/mol. The normalized spacial score (nSPS) is 37.6. The van der Waals surface area contributed by atoms with Crippen LogP contribution in [-0.2, 0) is 0 Å². The Kier molecular flexibility index (Phi) is 6.35. The average molecular weight is 281 g/mol. The molecule has 0 heterocycles. The van der Waals surface area contributed by atoms with Crippen molar-refractivity contribution in [3.8, 4) is 0 Å².